The van der Waals surface area contributed by atoms with Gasteiger partial charge >= 0.3 is 0 Å². The van der Waals surface area contributed by atoms with Crippen molar-refractivity contribution in [2.45, 2.75) is 278 Å². The maximum absolute atomic E-state index is 12.9. The highest BCUT2D eigenvalue weighted by Crippen LogP contribution is 2.76. The predicted octanol–water partition coefficient (Wildman–Crippen LogP) is -3.74. The van der Waals surface area contributed by atoms with Gasteiger partial charge in [-0.15, -0.1) is 0 Å². The Kier molecular flexibility index (Phi) is 21.3. The van der Waals surface area contributed by atoms with E-state index in [2.05, 4.69) is 40.7 Å². The van der Waals surface area contributed by atoms with Crippen LogP contribution in [0, 0.1) is 45.3 Å². The van der Waals surface area contributed by atoms with Crippen molar-refractivity contribution in [3.63, 3.8) is 0 Å². The Hall–Kier alpha value is -1.34. The summed E-state index contributed by atoms with van der Waals surface area (Å²) in [5, 5.41) is 185. The molecule has 27 heteroatoms. The molecule has 4 saturated carbocycles. The van der Waals surface area contributed by atoms with Crippen molar-refractivity contribution in [2.75, 3.05) is 33.0 Å². The first-order valence-corrected chi connectivity index (χ1v) is 30.8. The first kappa shape index (κ1) is 69.0. The summed E-state index contributed by atoms with van der Waals surface area (Å²) in [4.78, 5) is 0. The van der Waals surface area contributed by atoms with Crippen LogP contribution in [0.5, 0.6) is 0 Å². The Balaban J connectivity index is 0.913. The highest BCUT2D eigenvalue weighted by atomic mass is 16.8. The van der Waals surface area contributed by atoms with E-state index in [4.69, 9.17) is 47.4 Å². The Bertz CT molecular complexity index is 2260. The van der Waals surface area contributed by atoms with E-state index in [1.54, 1.807) is 0 Å². The molecule has 17 N–H and O–H groups in total. The zero-order valence-electron chi connectivity index (χ0n) is 50.5. The number of hydrogen-bond acceptors (Lipinski definition) is 27. The fraction of sp³-hybridized carbons (Fsp3) is 0.966. The summed E-state index contributed by atoms with van der Waals surface area (Å²) >= 11 is 0. The second-order valence-corrected chi connectivity index (χ2v) is 28.1. The van der Waals surface area contributed by atoms with Gasteiger partial charge in [0.1, 0.15) is 116 Å². The van der Waals surface area contributed by atoms with Gasteiger partial charge in [-0.25, -0.2) is 0 Å². The van der Waals surface area contributed by atoms with Crippen LogP contribution >= 0.6 is 0 Å². The van der Waals surface area contributed by atoms with Gasteiger partial charge in [-0.2, -0.15) is 0 Å². The fourth-order valence-corrected chi connectivity index (χ4v) is 17.5. The number of ether oxygens (including phenoxy) is 10. The number of fused-ring (bicyclic) bond motifs is 5. The second kappa shape index (κ2) is 26.6. The average Bonchev–Trinajstić information content (AvgIpc) is 1.29. The van der Waals surface area contributed by atoms with Crippen LogP contribution in [0.3, 0.4) is 0 Å². The van der Waals surface area contributed by atoms with Crippen LogP contribution in [0.25, 0.3) is 0 Å². The molecule has 0 radical (unpaired) electrons. The molecule has 9 aliphatic rings. The quantitative estimate of drug-likeness (QED) is 0.0463. The van der Waals surface area contributed by atoms with E-state index in [-0.39, 0.29) is 34.5 Å². The minimum Gasteiger partial charge on any atom is -0.394 e. The van der Waals surface area contributed by atoms with Gasteiger partial charge < -0.3 is 134 Å². The molecule has 0 unspecified atom stereocenters. The minimum absolute atomic E-state index is 0.00480. The van der Waals surface area contributed by atoms with Gasteiger partial charge in [-0.3, -0.25) is 0 Å². The van der Waals surface area contributed by atoms with Crippen LogP contribution in [-0.4, -0.2) is 285 Å². The first-order chi connectivity index (χ1) is 40.3. The smallest absolute Gasteiger partial charge is 0.187 e. The van der Waals surface area contributed by atoms with Gasteiger partial charge in [0.25, 0.3) is 0 Å². The van der Waals surface area contributed by atoms with E-state index in [0.29, 0.717) is 38.5 Å². The molecular formula is C59H100O27. The van der Waals surface area contributed by atoms with Crippen molar-refractivity contribution < 1.29 is 134 Å². The Morgan fingerprint density at radius 2 is 1.06 bits per heavy atom. The maximum atomic E-state index is 12.9. The zero-order chi connectivity index (χ0) is 63.1. The Morgan fingerprint density at radius 1 is 0.512 bits per heavy atom. The van der Waals surface area contributed by atoms with Gasteiger partial charge in [0.2, 0.25) is 0 Å². The molecule has 9 fully saturated rings. The summed E-state index contributed by atoms with van der Waals surface area (Å²) in [5.74, 6) is -0.628. The minimum atomic E-state index is -1.84. The van der Waals surface area contributed by atoms with Crippen molar-refractivity contribution in [1.29, 1.82) is 0 Å². The average molecular weight is 1240 g/mol. The van der Waals surface area contributed by atoms with E-state index in [1.807, 2.05) is 20.8 Å². The normalized spacial score (nSPS) is 52.9. The Labute approximate surface area is 501 Å². The number of rotatable bonds is 18. The number of aliphatic hydroxyl groups excluding tert-OH is 17. The topological polar surface area (TPSA) is 436 Å². The highest BCUT2D eigenvalue weighted by molar-refractivity contribution is 5.21. The van der Waals surface area contributed by atoms with Crippen molar-refractivity contribution in [3.8, 4) is 0 Å². The second-order valence-electron chi connectivity index (χ2n) is 28.1. The standard InChI is InChI=1S/C59H100O27/c1-24(2)10-9-14-59(8,86-53-46(75)42(71)39(68)31(82-53)23-78-51-47(76)48(40(69)30(21-62)79-51)84-50-44(73)36(65)27(64)22-77-50)25-11-16-58(7)35(25)26(63)18-33-56(5)15-13-34(55(3,4)32(56)12-17-57(33,58)6)83-54-49(43(72)38(67)29(20-61)81-54)85-52-45(74)41(70)37(66)28(19-60)80-52/h10,25-54,60-76H,9,11-23H2,1-8H3/t25-,26+,27+,28+,29+,30+,31+,32-,33+,34-,35-,36-,37+,38+,39+,40+,41-,42-,43-,44+,45+,46+,47+,48-,49+,50-,51+,52-,53-,54-,56+,57-,58-,59+/m0/s1. The van der Waals surface area contributed by atoms with E-state index in [9.17, 15) is 86.8 Å². The first-order valence-electron chi connectivity index (χ1n) is 30.8. The van der Waals surface area contributed by atoms with Crippen molar-refractivity contribution in [1.82, 2.24) is 0 Å². The molecule has 27 nitrogen and oxygen atoms in total. The van der Waals surface area contributed by atoms with Gasteiger partial charge in [-0.1, -0.05) is 46.3 Å². The molecule has 34 atom stereocenters. The lowest BCUT2D eigenvalue weighted by atomic mass is 9.35. The number of allylic oxidation sites excluding steroid dienone is 2. The molecule has 0 aromatic rings. The lowest BCUT2D eigenvalue weighted by molar-refractivity contribution is -0.378. The number of hydrogen-bond donors (Lipinski definition) is 17. The third kappa shape index (κ3) is 12.3. The summed E-state index contributed by atoms with van der Waals surface area (Å²) in [6, 6.07) is 0. The molecule has 5 saturated heterocycles. The van der Waals surface area contributed by atoms with Crippen LogP contribution in [-0.2, 0) is 47.4 Å². The molecule has 9 rings (SSSR count). The maximum Gasteiger partial charge on any atom is 0.187 e. The summed E-state index contributed by atoms with van der Waals surface area (Å²) < 4.78 is 60.5. The van der Waals surface area contributed by atoms with Gasteiger partial charge in [0.15, 0.2) is 31.5 Å². The third-order valence-electron chi connectivity index (χ3n) is 22.6. The molecule has 5 aliphatic heterocycles. The van der Waals surface area contributed by atoms with Crippen molar-refractivity contribution in [2.24, 2.45) is 45.3 Å². The molecule has 0 bridgehead atoms. The predicted molar refractivity (Wildman–Crippen MR) is 293 cm³/mol. The zero-order valence-corrected chi connectivity index (χ0v) is 50.5. The molecule has 498 valence electrons. The van der Waals surface area contributed by atoms with Gasteiger partial charge in [0.05, 0.1) is 50.8 Å². The van der Waals surface area contributed by atoms with Crippen LogP contribution in [0.4, 0.5) is 0 Å². The van der Waals surface area contributed by atoms with Crippen LogP contribution in [0.1, 0.15) is 113 Å². The molecule has 0 aromatic heterocycles. The molecule has 5 heterocycles. The van der Waals surface area contributed by atoms with E-state index in [0.717, 1.165) is 24.8 Å². The van der Waals surface area contributed by atoms with Crippen LogP contribution in [0.2, 0.25) is 0 Å². The Morgan fingerprint density at radius 3 is 1.70 bits per heavy atom. The fourth-order valence-electron chi connectivity index (χ4n) is 17.5. The van der Waals surface area contributed by atoms with Gasteiger partial charge in [0, 0.05) is 0 Å². The lowest BCUT2D eigenvalue weighted by Crippen LogP contribution is -2.68. The summed E-state index contributed by atoms with van der Waals surface area (Å²) in [6.45, 7) is 13.8. The summed E-state index contributed by atoms with van der Waals surface area (Å²) in [5.41, 5.74) is -1.82. The SMILES string of the molecule is CC(C)=CCC[C@@](C)(O[C@@H]1O[C@H](CO[C@@H]2O[C@H](CO)[C@@H](O)[C@H](O[C@@H]3OC[C@@H](O)[C@H](O)[C@H]3O)[C@H]2O)[C@@H](O)[C@H](O)[C@H]1O)[C@H]1CC[C@@]2(C)[C@@H]1[C@H](O)C[C@@H]1[C@]3(C)CC[C@H](O[C@@H]4O[C@H](CO)[C@@H](O)[C@H](O)[C@H]4O[C@@H]4O[C@H](CO)[C@@H](O)[C@H](O)[C@H]4O)C(C)(C)[C@@H]3CC[C@@]12C. The number of aliphatic hydroxyl groups is 17. The van der Waals surface area contributed by atoms with Crippen LogP contribution in [0.15, 0.2) is 11.6 Å². The monoisotopic (exact) mass is 1240 g/mol. The van der Waals surface area contributed by atoms with Crippen molar-refractivity contribution in [3.05, 3.63) is 11.6 Å². The van der Waals surface area contributed by atoms with Gasteiger partial charge in [-0.05, 0) is 124 Å². The lowest BCUT2D eigenvalue weighted by Gasteiger charge is -2.71. The van der Waals surface area contributed by atoms with Crippen LogP contribution < -0.4 is 0 Å². The molecule has 4 aliphatic carbocycles. The summed E-state index contributed by atoms with van der Waals surface area (Å²) in [7, 11) is 0. The molecule has 0 amide bonds. The highest BCUT2D eigenvalue weighted by Gasteiger charge is 2.72. The molecule has 86 heavy (non-hydrogen) atoms. The van der Waals surface area contributed by atoms with E-state index >= 15 is 0 Å². The molecular weight excluding hydrogens is 1140 g/mol. The molecule has 0 spiro atoms. The third-order valence-corrected chi connectivity index (χ3v) is 22.6. The van der Waals surface area contributed by atoms with E-state index < -0.39 is 209 Å². The summed E-state index contributed by atoms with van der Waals surface area (Å²) in [6.07, 6.45) is -33.0. The largest absolute Gasteiger partial charge is 0.394 e. The van der Waals surface area contributed by atoms with E-state index in [1.165, 1.54) is 0 Å². The molecule has 0 aromatic carbocycles. The van der Waals surface area contributed by atoms with Crippen molar-refractivity contribution >= 4 is 0 Å².